The SMILES string of the molecule is Cc1nn(C)cc1C(C)NS(=O)(=O)c1cc(Cl)cnc1N. The maximum Gasteiger partial charge on any atom is 0.244 e. The van der Waals surface area contributed by atoms with Crippen molar-refractivity contribution in [2.45, 2.75) is 24.8 Å². The largest absolute Gasteiger partial charge is 0.383 e. The lowest BCUT2D eigenvalue weighted by Gasteiger charge is -2.14. The molecule has 0 aliphatic carbocycles. The van der Waals surface area contributed by atoms with Gasteiger partial charge in [0.2, 0.25) is 10.0 Å². The molecule has 0 aliphatic rings. The minimum absolute atomic E-state index is 0.0954. The third kappa shape index (κ3) is 3.34. The average Bonchev–Trinajstić information content (AvgIpc) is 2.71. The van der Waals surface area contributed by atoms with Gasteiger partial charge in [0.15, 0.2) is 0 Å². The van der Waals surface area contributed by atoms with Crippen LogP contribution in [0.2, 0.25) is 5.02 Å². The van der Waals surface area contributed by atoms with E-state index in [4.69, 9.17) is 17.3 Å². The number of nitrogens with two attached hydrogens (primary N) is 1. The highest BCUT2D eigenvalue weighted by Gasteiger charge is 2.23. The Labute approximate surface area is 128 Å². The van der Waals surface area contributed by atoms with Crippen molar-refractivity contribution in [3.05, 3.63) is 34.7 Å². The number of hydrogen-bond acceptors (Lipinski definition) is 5. The van der Waals surface area contributed by atoms with Crippen molar-refractivity contribution in [2.75, 3.05) is 5.73 Å². The predicted molar refractivity (Wildman–Crippen MR) is 80.3 cm³/mol. The van der Waals surface area contributed by atoms with Crippen LogP contribution in [0.25, 0.3) is 0 Å². The Morgan fingerprint density at radius 2 is 2.14 bits per heavy atom. The molecule has 9 heteroatoms. The number of anilines is 1. The molecule has 0 bridgehead atoms. The molecule has 0 aliphatic heterocycles. The van der Waals surface area contributed by atoms with Crippen LogP contribution in [-0.2, 0) is 17.1 Å². The van der Waals surface area contributed by atoms with Crippen LogP contribution in [-0.4, -0.2) is 23.2 Å². The van der Waals surface area contributed by atoms with Gasteiger partial charge in [0.25, 0.3) is 0 Å². The van der Waals surface area contributed by atoms with Crippen LogP contribution in [0.4, 0.5) is 5.82 Å². The van der Waals surface area contributed by atoms with Gasteiger partial charge in [-0.3, -0.25) is 4.68 Å². The van der Waals surface area contributed by atoms with E-state index < -0.39 is 16.1 Å². The number of halogens is 1. The number of nitrogens with one attached hydrogen (secondary N) is 1. The fourth-order valence-corrected chi connectivity index (χ4v) is 3.60. The van der Waals surface area contributed by atoms with Gasteiger partial charge in [0.05, 0.1) is 10.7 Å². The molecule has 0 saturated carbocycles. The zero-order chi connectivity index (χ0) is 15.8. The summed E-state index contributed by atoms with van der Waals surface area (Å²) in [5.74, 6) is -0.0954. The molecule has 0 amide bonds. The zero-order valence-corrected chi connectivity index (χ0v) is 13.4. The zero-order valence-electron chi connectivity index (χ0n) is 11.8. The summed E-state index contributed by atoms with van der Waals surface area (Å²) < 4.78 is 29.0. The maximum atomic E-state index is 12.4. The smallest absolute Gasteiger partial charge is 0.244 e. The molecule has 3 N–H and O–H groups in total. The first-order valence-electron chi connectivity index (χ1n) is 6.14. The summed E-state index contributed by atoms with van der Waals surface area (Å²) in [7, 11) is -2.05. The number of nitrogen functional groups attached to an aromatic ring is 1. The molecule has 1 atom stereocenters. The highest BCUT2D eigenvalue weighted by atomic mass is 35.5. The monoisotopic (exact) mass is 329 g/mol. The van der Waals surface area contributed by atoms with Gasteiger partial charge < -0.3 is 5.73 Å². The molecule has 2 aromatic rings. The highest BCUT2D eigenvalue weighted by molar-refractivity contribution is 7.89. The Bertz CT molecular complexity index is 772. The maximum absolute atomic E-state index is 12.4. The Morgan fingerprint density at radius 1 is 1.48 bits per heavy atom. The summed E-state index contributed by atoms with van der Waals surface area (Å²) in [6.07, 6.45) is 3.06. The van der Waals surface area contributed by atoms with Gasteiger partial charge in [-0.2, -0.15) is 5.10 Å². The quantitative estimate of drug-likeness (QED) is 0.882. The van der Waals surface area contributed by atoms with Gasteiger partial charge in [-0.05, 0) is 19.9 Å². The Morgan fingerprint density at radius 3 is 2.71 bits per heavy atom. The van der Waals surface area contributed by atoms with Crippen LogP contribution in [0.15, 0.2) is 23.4 Å². The third-order valence-corrected chi connectivity index (χ3v) is 4.76. The fourth-order valence-electron chi connectivity index (χ4n) is 2.05. The molecular formula is C12H16ClN5O2S. The molecule has 21 heavy (non-hydrogen) atoms. The third-order valence-electron chi connectivity index (χ3n) is 2.99. The first-order chi connectivity index (χ1) is 9.70. The number of nitrogens with zero attached hydrogens (tertiary/aromatic N) is 3. The van der Waals surface area contributed by atoms with Crippen LogP contribution in [0, 0.1) is 6.92 Å². The lowest BCUT2D eigenvalue weighted by Crippen LogP contribution is -2.28. The predicted octanol–water partition coefficient (Wildman–Crippen LogP) is 1.40. The van der Waals surface area contributed by atoms with Gasteiger partial charge in [0.1, 0.15) is 10.7 Å². The molecule has 0 saturated heterocycles. The lowest BCUT2D eigenvalue weighted by atomic mass is 10.1. The molecule has 114 valence electrons. The number of rotatable bonds is 4. The second-order valence-electron chi connectivity index (χ2n) is 4.72. The number of pyridine rings is 1. The Kier molecular flexibility index (Phi) is 4.22. The molecule has 2 heterocycles. The van der Waals surface area contributed by atoms with Crippen molar-refractivity contribution in [1.82, 2.24) is 19.5 Å². The minimum Gasteiger partial charge on any atom is -0.383 e. The summed E-state index contributed by atoms with van der Waals surface area (Å²) in [6, 6.07) is 0.816. The van der Waals surface area contributed by atoms with Crippen LogP contribution in [0.3, 0.4) is 0 Å². The average molecular weight is 330 g/mol. The van der Waals surface area contributed by atoms with Gasteiger partial charge in [-0.1, -0.05) is 11.6 Å². The van der Waals surface area contributed by atoms with E-state index >= 15 is 0 Å². The van der Waals surface area contributed by atoms with E-state index in [1.54, 1.807) is 24.9 Å². The molecule has 2 rings (SSSR count). The fraction of sp³-hybridized carbons (Fsp3) is 0.333. The summed E-state index contributed by atoms with van der Waals surface area (Å²) in [4.78, 5) is 3.62. The number of hydrogen-bond donors (Lipinski definition) is 2. The number of aryl methyl sites for hydroxylation is 2. The van der Waals surface area contributed by atoms with E-state index in [1.165, 1.54) is 12.3 Å². The van der Waals surface area contributed by atoms with Gasteiger partial charge in [-0.15, -0.1) is 0 Å². The highest BCUT2D eigenvalue weighted by Crippen LogP contribution is 2.23. The van der Waals surface area contributed by atoms with Crippen LogP contribution in [0.1, 0.15) is 24.2 Å². The minimum atomic E-state index is -3.83. The first kappa shape index (κ1) is 15.7. The van der Waals surface area contributed by atoms with Crippen molar-refractivity contribution < 1.29 is 8.42 Å². The van der Waals surface area contributed by atoms with Crippen LogP contribution >= 0.6 is 11.6 Å². The van der Waals surface area contributed by atoms with Gasteiger partial charge in [-0.25, -0.2) is 18.1 Å². The van der Waals surface area contributed by atoms with E-state index in [-0.39, 0.29) is 15.7 Å². The molecule has 2 aromatic heterocycles. The van der Waals surface area contributed by atoms with Crippen LogP contribution < -0.4 is 10.5 Å². The Hall–Kier alpha value is -1.64. The summed E-state index contributed by atoms with van der Waals surface area (Å²) in [6.45, 7) is 3.55. The van der Waals surface area contributed by atoms with Crippen molar-refractivity contribution in [1.29, 1.82) is 0 Å². The molecule has 0 fully saturated rings. The second-order valence-corrected chi connectivity index (χ2v) is 6.84. The molecule has 7 nitrogen and oxygen atoms in total. The molecule has 0 radical (unpaired) electrons. The summed E-state index contributed by atoms with van der Waals surface area (Å²) in [5, 5.41) is 4.39. The van der Waals surface area contributed by atoms with Crippen molar-refractivity contribution in [3.63, 3.8) is 0 Å². The van der Waals surface area contributed by atoms with Crippen molar-refractivity contribution in [2.24, 2.45) is 7.05 Å². The number of sulfonamides is 1. The van der Waals surface area contributed by atoms with Gasteiger partial charge >= 0.3 is 0 Å². The first-order valence-corrected chi connectivity index (χ1v) is 8.00. The van der Waals surface area contributed by atoms with Crippen molar-refractivity contribution >= 4 is 27.4 Å². The van der Waals surface area contributed by atoms with Crippen LogP contribution in [0.5, 0.6) is 0 Å². The van der Waals surface area contributed by atoms with E-state index in [2.05, 4.69) is 14.8 Å². The molecule has 0 spiro atoms. The number of aromatic nitrogens is 3. The van der Waals surface area contributed by atoms with E-state index in [9.17, 15) is 8.42 Å². The summed E-state index contributed by atoms with van der Waals surface area (Å²) in [5.41, 5.74) is 7.16. The summed E-state index contributed by atoms with van der Waals surface area (Å²) >= 11 is 5.78. The second kappa shape index (κ2) is 5.63. The topological polar surface area (TPSA) is 103 Å². The van der Waals surface area contributed by atoms with Crippen molar-refractivity contribution in [3.8, 4) is 0 Å². The van der Waals surface area contributed by atoms with E-state index in [1.807, 2.05) is 6.92 Å². The van der Waals surface area contributed by atoms with Gasteiger partial charge in [0, 0.05) is 31.0 Å². The molecule has 0 aromatic carbocycles. The van der Waals surface area contributed by atoms with E-state index in [0.717, 1.165) is 11.3 Å². The lowest BCUT2D eigenvalue weighted by molar-refractivity contribution is 0.566. The molecule has 1 unspecified atom stereocenters. The molecular weight excluding hydrogens is 314 g/mol. The Balaban J connectivity index is 2.33. The van der Waals surface area contributed by atoms with E-state index in [0.29, 0.717) is 0 Å². The standard InChI is InChI=1S/C12H16ClN5O2S/c1-7-10(6-18(3)16-7)8(2)17-21(19,20)11-4-9(13)5-15-12(11)14/h4-6,8,17H,1-3H3,(H2,14,15). The normalized spacial score (nSPS) is 13.3.